The molecule has 0 saturated carbocycles. The summed E-state index contributed by atoms with van der Waals surface area (Å²) in [7, 11) is 0. The van der Waals surface area contributed by atoms with Gasteiger partial charge in [0.15, 0.2) is 24.4 Å². The van der Waals surface area contributed by atoms with Crippen molar-refractivity contribution in [3.8, 4) is 11.5 Å². The molecule has 2 saturated heterocycles. The van der Waals surface area contributed by atoms with Crippen LogP contribution in [0.2, 0.25) is 0 Å². The lowest BCUT2D eigenvalue weighted by molar-refractivity contribution is -0.289. The highest BCUT2D eigenvalue weighted by molar-refractivity contribution is 5.70. The summed E-state index contributed by atoms with van der Waals surface area (Å²) in [4.78, 5) is 97.0. The minimum atomic E-state index is -1.55. The van der Waals surface area contributed by atoms with Crippen LogP contribution in [0.25, 0.3) is 0 Å². The van der Waals surface area contributed by atoms with Gasteiger partial charge < -0.3 is 56.8 Å². The fraction of sp³-hybridized carbons (Fsp3) is 0.622. The zero-order valence-corrected chi connectivity index (χ0v) is 33.4. The predicted molar refractivity (Wildman–Crippen MR) is 186 cm³/mol. The Morgan fingerprint density at radius 2 is 0.789 bits per heavy atom. The number of aryl methyl sites for hydroxylation is 1. The minimum Gasteiger partial charge on any atom is -0.463 e. The maximum Gasteiger partial charge on any atom is 0.303 e. The van der Waals surface area contributed by atoms with Crippen molar-refractivity contribution in [3.05, 3.63) is 22.8 Å². The molecule has 2 aliphatic heterocycles. The van der Waals surface area contributed by atoms with E-state index in [1.807, 2.05) is 0 Å². The molecule has 2 heterocycles. The summed E-state index contributed by atoms with van der Waals surface area (Å²) >= 11 is 0. The number of ether oxygens (including phenoxy) is 12. The van der Waals surface area contributed by atoms with Crippen molar-refractivity contribution in [2.24, 2.45) is 0 Å². The molecule has 0 unspecified atom stereocenters. The average molecular weight is 813 g/mol. The smallest absolute Gasteiger partial charge is 0.303 e. The van der Waals surface area contributed by atoms with Gasteiger partial charge in [0.25, 0.3) is 0 Å². The second-order valence-electron chi connectivity index (χ2n) is 13.1. The third kappa shape index (κ3) is 12.8. The number of hydrogen-bond acceptors (Lipinski definition) is 20. The molecule has 0 bridgehead atoms. The van der Waals surface area contributed by atoms with Gasteiger partial charge in [-0.25, -0.2) is 0 Å². The Kier molecular flexibility index (Phi) is 16.2. The molecular formula is C37H48O20. The van der Waals surface area contributed by atoms with E-state index in [9.17, 15) is 38.4 Å². The van der Waals surface area contributed by atoms with Gasteiger partial charge in [0, 0.05) is 55.4 Å². The first kappa shape index (κ1) is 45.9. The summed E-state index contributed by atoms with van der Waals surface area (Å²) in [6, 6.07) is 1.51. The first-order valence-corrected chi connectivity index (χ1v) is 17.6. The first-order valence-electron chi connectivity index (χ1n) is 17.6. The molecule has 0 aliphatic carbocycles. The molecule has 316 valence electrons. The third-order valence-electron chi connectivity index (χ3n) is 8.35. The molecule has 2 fully saturated rings. The van der Waals surface area contributed by atoms with Gasteiger partial charge in [0.1, 0.15) is 36.9 Å². The van der Waals surface area contributed by atoms with Crippen molar-refractivity contribution in [2.45, 2.75) is 138 Å². The molecule has 0 N–H and O–H groups in total. The van der Waals surface area contributed by atoms with E-state index in [0.717, 1.165) is 55.4 Å². The van der Waals surface area contributed by atoms with Gasteiger partial charge in [0.05, 0.1) is 0 Å². The molecule has 20 nitrogen and oxygen atoms in total. The molecule has 2 aliphatic rings. The average Bonchev–Trinajstić information content (AvgIpc) is 3.07. The SMILES string of the molecule is CC(=O)OC[C@H]1O[C@@H](Oc2cc(C)c(O[C@@H]3O[C@H](COC(C)=O)[C@@H](OC(C)=O)[C@H](OC(C)=O)[C@H]3OC(C)=O)c(C)c2C)[C@H](OC(C)=O)[C@@H](OC(C)=O)[C@@H]1OC(C)=O. The van der Waals surface area contributed by atoms with Crippen LogP contribution in [0.4, 0.5) is 0 Å². The summed E-state index contributed by atoms with van der Waals surface area (Å²) in [6.45, 7) is 12.8. The monoisotopic (exact) mass is 812 g/mol. The summed E-state index contributed by atoms with van der Waals surface area (Å²) in [5.74, 6) is -5.99. The van der Waals surface area contributed by atoms with E-state index < -0.39 is 122 Å². The van der Waals surface area contributed by atoms with Crippen LogP contribution in [-0.4, -0.2) is 122 Å². The predicted octanol–water partition coefficient (Wildman–Crippen LogP) is 1.54. The standard InChI is InChI=1S/C37H48O20/c1-15-12-26(54-36-34(52-24(10)44)32(50-22(8)42)30(48-20(6)40)27(55-36)13-46-18(4)38)16(2)17(3)29(15)57-37-35(53-25(11)45)33(51-23(9)43)31(49-21(7)41)28(56-37)14-47-19(5)39/h12,27-28,30-37H,13-14H2,1-11H3/t27-,28-,30-,31-,32+,33+,34-,35-,36-,37+/m1/s1. The van der Waals surface area contributed by atoms with E-state index in [4.69, 9.17) is 56.8 Å². The van der Waals surface area contributed by atoms with Gasteiger partial charge in [-0.2, -0.15) is 0 Å². The molecule has 20 heteroatoms. The van der Waals surface area contributed by atoms with Crippen LogP contribution in [0.5, 0.6) is 11.5 Å². The fourth-order valence-corrected chi connectivity index (χ4v) is 6.13. The number of rotatable bonds is 14. The Morgan fingerprint density at radius 1 is 0.456 bits per heavy atom. The maximum atomic E-state index is 12.3. The van der Waals surface area contributed by atoms with E-state index in [1.54, 1.807) is 20.8 Å². The Bertz CT molecular complexity index is 1700. The number of carbonyl (C=O) groups excluding carboxylic acids is 8. The van der Waals surface area contributed by atoms with Gasteiger partial charge in [-0.1, -0.05) is 0 Å². The molecule has 0 aromatic heterocycles. The Labute approximate surface area is 327 Å². The Balaban J connectivity index is 2.10. The van der Waals surface area contributed by atoms with Crippen molar-refractivity contribution < 1.29 is 95.2 Å². The minimum absolute atomic E-state index is 0.139. The highest BCUT2D eigenvalue weighted by Gasteiger charge is 2.55. The molecule has 1 aromatic carbocycles. The number of carbonyl (C=O) groups is 8. The molecule has 0 amide bonds. The number of benzene rings is 1. The van der Waals surface area contributed by atoms with Crippen molar-refractivity contribution in [2.75, 3.05) is 13.2 Å². The zero-order chi connectivity index (χ0) is 42.9. The van der Waals surface area contributed by atoms with Gasteiger partial charge >= 0.3 is 47.8 Å². The quantitative estimate of drug-likeness (QED) is 0.191. The molecule has 57 heavy (non-hydrogen) atoms. The van der Waals surface area contributed by atoms with Crippen LogP contribution < -0.4 is 9.47 Å². The molecule has 10 atom stereocenters. The second kappa shape index (κ2) is 20.1. The largest absolute Gasteiger partial charge is 0.463 e. The van der Waals surface area contributed by atoms with Crippen LogP contribution in [0, 0.1) is 20.8 Å². The van der Waals surface area contributed by atoms with Crippen molar-refractivity contribution in [3.63, 3.8) is 0 Å². The van der Waals surface area contributed by atoms with Crippen LogP contribution in [-0.2, 0) is 85.7 Å². The zero-order valence-electron chi connectivity index (χ0n) is 33.4. The van der Waals surface area contributed by atoms with Gasteiger partial charge in [-0.05, 0) is 43.5 Å². The van der Waals surface area contributed by atoms with Gasteiger partial charge in [-0.15, -0.1) is 0 Å². The maximum absolute atomic E-state index is 12.3. The van der Waals surface area contributed by atoms with E-state index in [-0.39, 0.29) is 11.5 Å². The lowest BCUT2D eigenvalue weighted by atomic mass is 9.97. The highest BCUT2D eigenvalue weighted by Crippen LogP contribution is 2.39. The van der Waals surface area contributed by atoms with E-state index in [0.29, 0.717) is 16.7 Å². The van der Waals surface area contributed by atoms with Crippen LogP contribution >= 0.6 is 0 Å². The van der Waals surface area contributed by atoms with Crippen LogP contribution in [0.3, 0.4) is 0 Å². The lowest BCUT2D eigenvalue weighted by Crippen LogP contribution is -2.63. The molecule has 3 rings (SSSR count). The van der Waals surface area contributed by atoms with E-state index in [1.165, 1.54) is 6.07 Å². The molecule has 0 spiro atoms. The Morgan fingerprint density at radius 3 is 1.14 bits per heavy atom. The third-order valence-corrected chi connectivity index (χ3v) is 8.35. The Hall–Kier alpha value is -5.50. The summed E-state index contributed by atoms with van der Waals surface area (Å²) in [5.41, 5.74) is 1.21. The van der Waals surface area contributed by atoms with Gasteiger partial charge in [0.2, 0.25) is 24.8 Å². The van der Waals surface area contributed by atoms with E-state index in [2.05, 4.69) is 0 Å². The number of hydrogen-bond donors (Lipinski definition) is 0. The van der Waals surface area contributed by atoms with E-state index >= 15 is 0 Å². The summed E-state index contributed by atoms with van der Waals surface area (Å²) in [6.07, 6.45) is -14.5. The fourth-order valence-electron chi connectivity index (χ4n) is 6.13. The van der Waals surface area contributed by atoms with Crippen molar-refractivity contribution >= 4 is 47.8 Å². The molecule has 1 aromatic rings. The second-order valence-corrected chi connectivity index (χ2v) is 13.1. The normalized spacial score (nSPS) is 26.7. The molecular weight excluding hydrogens is 764 g/mol. The van der Waals surface area contributed by atoms with Crippen molar-refractivity contribution in [1.29, 1.82) is 0 Å². The summed E-state index contributed by atoms with van der Waals surface area (Å²) < 4.78 is 68.0. The number of esters is 8. The van der Waals surface area contributed by atoms with Crippen LogP contribution in [0.1, 0.15) is 72.1 Å². The van der Waals surface area contributed by atoms with Crippen molar-refractivity contribution in [1.82, 2.24) is 0 Å². The molecule has 0 radical (unpaired) electrons. The van der Waals surface area contributed by atoms with Crippen LogP contribution in [0.15, 0.2) is 6.07 Å². The topological polar surface area (TPSA) is 247 Å². The highest BCUT2D eigenvalue weighted by atomic mass is 16.7. The lowest BCUT2D eigenvalue weighted by Gasteiger charge is -2.44. The first-order chi connectivity index (χ1) is 26.6. The van der Waals surface area contributed by atoms with Gasteiger partial charge in [-0.3, -0.25) is 38.4 Å². The summed E-state index contributed by atoms with van der Waals surface area (Å²) in [5, 5.41) is 0.